The molecule has 0 saturated heterocycles. The Morgan fingerprint density at radius 2 is 2.13 bits per heavy atom. The molecule has 0 aliphatic carbocycles. The fraction of sp³-hybridized carbons (Fsp3) is 0.385. The molecule has 15 heavy (non-hydrogen) atoms. The first-order chi connectivity index (χ1) is 7.13. The van der Waals surface area contributed by atoms with Crippen LogP contribution in [0, 0.1) is 6.92 Å². The SMILES string of the molecule is COc1ccc(NCC=C(C)C)cc1C. The first kappa shape index (κ1) is 11.6. The largest absolute Gasteiger partial charge is 0.496 e. The molecule has 0 fully saturated rings. The van der Waals surface area contributed by atoms with E-state index in [4.69, 9.17) is 4.74 Å². The molecule has 2 nitrogen and oxygen atoms in total. The minimum atomic E-state index is 0.869. The van der Waals surface area contributed by atoms with E-state index in [0.717, 1.165) is 23.5 Å². The summed E-state index contributed by atoms with van der Waals surface area (Å²) in [6, 6.07) is 6.11. The number of benzene rings is 1. The van der Waals surface area contributed by atoms with Gasteiger partial charge in [-0.25, -0.2) is 0 Å². The molecule has 0 heterocycles. The highest BCUT2D eigenvalue weighted by atomic mass is 16.5. The van der Waals surface area contributed by atoms with Crippen LogP contribution in [0.4, 0.5) is 5.69 Å². The van der Waals surface area contributed by atoms with E-state index in [-0.39, 0.29) is 0 Å². The topological polar surface area (TPSA) is 21.3 Å². The second-order valence-electron chi connectivity index (χ2n) is 3.85. The third kappa shape index (κ3) is 3.66. The molecule has 0 atom stereocenters. The lowest BCUT2D eigenvalue weighted by atomic mass is 10.2. The fourth-order valence-electron chi connectivity index (χ4n) is 1.36. The van der Waals surface area contributed by atoms with Gasteiger partial charge in [-0.05, 0) is 44.5 Å². The van der Waals surface area contributed by atoms with E-state index < -0.39 is 0 Å². The van der Waals surface area contributed by atoms with Gasteiger partial charge in [-0.1, -0.05) is 11.6 Å². The molecule has 1 rings (SSSR count). The fourth-order valence-corrected chi connectivity index (χ4v) is 1.36. The molecule has 0 spiro atoms. The monoisotopic (exact) mass is 205 g/mol. The third-order valence-corrected chi connectivity index (χ3v) is 2.21. The summed E-state index contributed by atoms with van der Waals surface area (Å²) < 4.78 is 5.20. The minimum absolute atomic E-state index is 0.869. The Balaban J connectivity index is 2.63. The Labute approximate surface area is 92.0 Å². The molecule has 82 valence electrons. The average molecular weight is 205 g/mol. The van der Waals surface area contributed by atoms with Crippen LogP contribution in [-0.2, 0) is 0 Å². The van der Waals surface area contributed by atoms with Gasteiger partial charge in [0.15, 0.2) is 0 Å². The van der Waals surface area contributed by atoms with Crippen molar-refractivity contribution in [1.29, 1.82) is 0 Å². The molecule has 0 amide bonds. The van der Waals surface area contributed by atoms with Gasteiger partial charge in [-0.2, -0.15) is 0 Å². The van der Waals surface area contributed by atoms with Gasteiger partial charge in [0.1, 0.15) is 5.75 Å². The molecular weight excluding hydrogens is 186 g/mol. The summed E-state index contributed by atoms with van der Waals surface area (Å²) in [7, 11) is 1.69. The van der Waals surface area contributed by atoms with Crippen LogP contribution in [-0.4, -0.2) is 13.7 Å². The van der Waals surface area contributed by atoms with Crippen molar-refractivity contribution in [3.8, 4) is 5.75 Å². The van der Waals surface area contributed by atoms with Crippen LogP contribution < -0.4 is 10.1 Å². The Bertz CT molecular complexity index is 352. The Kier molecular flexibility index (Phi) is 4.22. The Morgan fingerprint density at radius 3 is 2.67 bits per heavy atom. The van der Waals surface area contributed by atoms with E-state index in [1.165, 1.54) is 5.57 Å². The van der Waals surface area contributed by atoms with Gasteiger partial charge in [0.25, 0.3) is 0 Å². The molecule has 0 saturated carbocycles. The van der Waals surface area contributed by atoms with Crippen LogP contribution in [0.5, 0.6) is 5.75 Å². The van der Waals surface area contributed by atoms with Crippen molar-refractivity contribution in [1.82, 2.24) is 0 Å². The number of allylic oxidation sites excluding steroid dienone is 1. The first-order valence-corrected chi connectivity index (χ1v) is 5.15. The lowest BCUT2D eigenvalue weighted by Crippen LogP contribution is -1.99. The van der Waals surface area contributed by atoms with Gasteiger partial charge >= 0.3 is 0 Å². The van der Waals surface area contributed by atoms with Gasteiger partial charge in [-0.15, -0.1) is 0 Å². The number of hydrogen-bond acceptors (Lipinski definition) is 2. The zero-order valence-electron chi connectivity index (χ0n) is 9.92. The van der Waals surface area contributed by atoms with Gasteiger partial charge in [0.05, 0.1) is 7.11 Å². The average Bonchev–Trinajstić information content (AvgIpc) is 2.17. The summed E-state index contributed by atoms with van der Waals surface area (Å²) in [4.78, 5) is 0. The summed E-state index contributed by atoms with van der Waals surface area (Å²) in [5.41, 5.74) is 3.61. The lowest BCUT2D eigenvalue weighted by molar-refractivity contribution is 0.412. The van der Waals surface area contributed by atoms with Crippen molar-refractivity contribution < 1.29 is 4.74 Å². The zero-order chi connectivity index (χ0) is 11.3. The van der Waals surface area contributed by atoms with E-state index in [1.807, 2.05) is 19.1 Å². The van der Waals surface area contributed by atoms with Crippen LogP contribution in [0.25, 0.3) is 0 Å². The second kappa shape index (κ2) is 5.44. The van der Waals surface area contributed by atoms with Crippen LogP contribution in [0.3, 0.4) is 0 Å². The molecular formula is C13H19NO. The number of aryl methyl sites for hydroxylation is 1. The number of methoxy groups -OCH3 is 1. The Hall–Kier alpha value is -1.44. The van der Waals surface area contributed by atoms with Crippen LogP contribution in [0.2, 0.25) is 0 Å². The minimum Gasteiger partial charge on any atom is -0.496 e. The van der Waals surface area contributed by atoms with Gasteiger partial charge in [0.2, 0.25) is 0 Å². The number of hydrogen-bond donors (Lipinski definition) is 1. The molecule has 0 aliphatic rings. The van der Waals surface area contributed by atoms with Crippen LogP contribution in [0.1, 0.15) is 19.4 Å². The van der Waals surface area contributed by atoms with Crippen molar-refractivity contribution in [3.05, 3.63) is 35.4 Å². The predicted octanol–water partition coefficient (Wildman–Crippen LogP) is 3.38. The van der Waals surface area contributed by atoms with E-state index in [2.05, 4.69) is 31.3 Å². The maximum absolute atomic E-state index is 5.20. The standard InChI is InChI=1S/C13H19NO/c1-10(2)7-8-14-12-5-6-13(15-4)11(3)9-12/h5-7,9,14H,8H2,1-4H3. The molecule has 0 unspecified atom stereocenters. The molecule has 1 aromatic carbocycles. The summed E-state index contributed by atoms with van der Waals surface area (Å²) in [5, 5.41) is 3.34. The predicted molar refractivity (Wildman–Crippen MR) is 65.7 cm³/mol. The highest BCUT2D eigenvalue weighted by Crippen LogP contribution is 2.21. The lowest BCUT2D eigenvalue weighted by Gasteiger charge is -2.08. The van der Waals surface area contributed by atoms with Gasteiger partial charge in [0, 0.05) is 12.2 Å². The molecule has 1 N–H and O–H groups in total. The molecule has 0 bridgehead atoms. The molecule has 0 aromatic heterocycles. The first-order valence-electron chi connectivity index (χ1n) is 5.15. The van der Waals surface area contributed by atoms with Crippen molar-refractivity contribution in [2.24, 2.45) is 0 Å². The number of rotatable bonds is 4. The van der Waals surface area contributed by atoms with E-state index >= 15 is 0 Å². The van der Waals surface area contributed by atoms with Crippen molar-refractivity contribution >= 4 is 5.69 Å². The number of nitrogens with one attached hydrogen (secondary N) is 1. The van der Waals surface area contributed by atoms with Crippen LogP contribution >= 0.6 is 0 Å². The van der Waals surface area contributed by atoms with Crippen molar-refractivity contribution in [3.63, 3.8) is 0 Å². The summed E-state index contributed by atoms with van der Waals surface area (Å²) >= 11 is 0. The quantitative estimate of drug-likeness (QED) is 0.761. The maximum atomic E-state index is 5.20. The van der Waals surface area contributed by atoms with E-state index in [0.29, 0.717) is 0 Å². The molecule has 2 heteroatoms. The summed E-state index contributed by atoms with van der Waals surface area (Å²) in [5.74, 6) is 0.933. The zero-order valence-corrected chi connectivity index (χ0v) is 9.92. The summed E-state index contributed by atoms with van der Waals surface area (Å²) in [6.45, 7) is 7.11. The summed E-state index contributed by atoms with van der Waals surface area (Å²) in [6.07, 6.45) is 2.17. The second-order valence-corrected chi connectivity index (χ2v) is 3.85. The highest BCUT2D eigenvalue weighted by molar-refractivity contribution is 5.51. The van der Waals surface area contributed by atoms with Crippen molar-refractivity contribution in [2.45, 2.75) is 20.8 Å². The smallest absolute Gasteiger partial charge is 0.121 e. The molecule has 1 aromatic rings. The van der Waals surface area contributed by atoms with E-state index in [9.17, 15) is 0 Å². The van der Waals surface area contributed by atoms with Crippen LogP contribution in [0.15, 0.2) is 29.8 Å². The normalized spacial score (nSPS) is 9.60. The number of anilines is 1. The molecule has 0 aliphatic heterocycles. The van der Waals surface area contributed by atoms with Crippen molar-refractivity contribution in [2.75, 3.05) is 19.0 Å². The molecule has 0 radical (unpaired) electrons. The highest BCUT2D eigenvalue weighted by Gasteiger charge is 1.98. The Morgan fingerprint density at radius 1 is 1.40 bits per heavy atom. The van der Waals surface area contributed by atoms with Gasteiger partial charge in [-0.3, -0.25) is 0 Å². The van der Waals surface area contributed by atoms with E-state index in [1.54, 1.807) is 7.11 Å². The number of ether oxygens (including phenoxy) is 1. The maximum Gasteiger partial charge on any atom is 0.121 e. The third-order valence-electron chi connectivity index (χ3n) is 2.21. The van der Waals surface area contributed by atoms with Gasteiger partial charge < -0.3 is 10.1 Å².